The highest BCUT2D eigenvalue weighted by atomic mass is 32.1. The van der Waals surface area contributed by atoms with Gasteiger partial charge < -0.3 is 11.1 Å². The number of halogens is 1. The van der Waals surface area contributed by atoms with Crippen LogP contribution in [0.25, 0.3) is 10.2 Å². The fraction of sp³-hybridized carbons (Fsp3) is 0.278. The Labute approximate surface area is 148 Å². The molecule has 1 saturated carbocycles. The first-order chi connectivity index (χ1) is 12.1. The third-order valence-electron chi connectivity index (χ3n) is 4.82. The number of nitrogens with zero attached hydrogens (tertiary/aromatic N) is 2. The number of nitrogens with two attached hydrogens (primary N) is 1. The summed E-state index contributed by atoms with van der Waals surface area (Å²) in [5.41, 5.74) is 6.85. The van der Waals surface area contributed by atoms with Crippen molar-refractivity contribution in [1.82, 2.24) is 9.97 Å². The second kappa shape index (κ2) is 6.07. The fourth-order valence-electron chi connectivity index (χ4n) is 3.28. The van der Waals surface area contributed by atoms with Gasteiger partial charge in [0.1, 0.15) is 5.82 Å². The number of primary amides is 1. The van der Waals surface area contributed by atoms with E-state index in [9.17, 15) is 9.18 Å². The molecule has 1 amide bonds. The number of carbonyl (C=O) groups is 1. The predicted octanol–water partition coefficient (Wildman–Crippen LogP) is 3.46. The molecule has 0 radical (unpaired) electrons. The highest BCUT2D eigenvalue weighted by molar-refractivity contribution is 7.22. The lowest BCUT2D eigenvalue weighted by molar-refractivity contribution is 0.100. The van der Waals surface area contributed by atoms with Gasteiger partial charge in [-0.15, -0.1) is 0 Å². The van der Waals surface area contributed by atoms with E-state index < -0.39 is 5.91 Å². The van der Waals surface area contributed by atoms with Gasteiger partial charge in [0.05, 0.1) is 15.9 Å². The number of nitrogens with one attached hydrogen (secondary N) is 1. The lowest BCUT2D eigenvalue weighted by Gasteiger charge is -2.41. The maximum atomic E-state index is 14.2. The van der Waals surface area contributed by atoms with E-state index in [0.717, 1.165) is 34.6 Å². The van der Waals surface area contributed by atoms with Gasteiger partial charge in [-0.2, -0.15) is 0 Å². The lowest BCUT2D eigenvalue weighted by Crippen LogP contribution is -2.42. The maximum absolute atomic E-state index is 14.2. The van der Waals surface area contributed by atoms with E-state index in [4.69, 9.17) is 5.73 Å². The van der Waals surface area contributed by atoms with Crippen LogP contribution >= 0.6 is 11.3 Å². The van der Waals surface area contributed by atoms with Gasteiger partial charge in [-0.3, -0.25) is 9.78 Å². The van der Waals surface area contributed by atoms with Crippen LogP contribution in [-0.2, 0) is 5.41 Å². The van der Waals surface area contributed by atoms with Crippen molar-refractivity contribution in [2.45, 2.75) is 24.7 Å². The topological polar surface area (TPSA) is 80.9 Å². The number of carbonyl (C=O) groups excluding carboxylic acids is 1. The molecule has 4 rings (SSSR count). The van der Waals surface area contributed by atoms with Crippen molar-refractivity contribution in [2.24, 2.45) is 5.73 Å². The van der Waals surface area contributed by atoms with Crippen molar-refractivity contribution in [2.75, 3.05) is 11.9 Å². The predicted molar refractivity (Wildman–Crippen MR) is 96.4 cm³/mol. The summed E-state index contributed by atoms with van der Waals surface area (Å²) in [5, 5.41) is 4.09. The van der Waals surface area contributed by atoms with Gasteiger partial charge in [0, 0.05) is 23.7 Å². The van der Waals surface area contributed by atoms with Crippen molar-refractivity contribution >= 4 is 32.6 Å². The number of amides is 1. The van der Waals surface area contributed by atoms with Crippen molar-refractivity contribution in [3.8, 4) is 0 Å². The van der Waals surface area contributed by atoms with Crippen molar-refractivity contribution in [3.63, 3.8) is 0 Å². The standard InChI is InChI=1S/C18H17FN4OS/c19-12-3-1-8-21-15(12)18(6-2-7-18)10-22-17-23-13-5-4-11(16(20)24)9-14(13)25-17/h1,3-5,8-9H,2,6-7,10H2,(H2,20,24)(H,22,23). The number of rotatable bonds is 5. The van der Waals surface area contributed by atoms with Gasteiger partial charge in [-0.1, -0.05) is 17.8 Å². The summed E-state index contributed by atoms with van der Waals surface area (Å²) in [7, 11) is 0. The summed E-state index contributed by atoms with van der Waals surface area (Å²) < 4.78 is 15.1. The number of fused-ring (bicyclic) bond motifs is 1. The fourth-order valence-corrected chi connectivity index (χ4v) is 4.18. The zero-order chi connectivity index (χ0) is 17.4. The first-order valence-electron chi connectivity index (χ1n) is 8.13. The Bertz CT molecular complexity index is 951. The molecule has 1 aromatic carbocycles. The van der Waals surface area contributed by atoms with Crippen molar-refractivity contribution < 1.29 is 9.18 Å². The maximum Gasteiger partial charge on any atom is 0.248 e. The highest BCUT2D eigenvalue weighted by Gasteiger charge is 2.41. The Kier molecular flexibility index (Phi) is 3.88. The molecule has 0 bridgehead atoms. The minimum Gasteiger partial charge on any atom is -0.366 e. The SMILES string of the molecule is NC(=O)c1ccc2nc(NCC3(c4ncccc4F)CCC3)sc2c1. The molecular formula is C18H17FN4OS. The highest BCUT2D eigenvalue weighted by Crippen LogP contribution is 2.44. The van der Waals surface area contributed by atoms with Gasteiger partial charge in [0.25, 0.3) is 0 Å². The summed E-state index contributed by atoms with van der Waals surface area (Å²) >= 11 is 1.46. The molecule has 0 atom stereocenters. The molecule has 1 aliphatic carbocycles. The van der Waals surface area contributed by atoms with E-state index in [1.54, 1.807) is 30.5 Å². The molecule has 25 heavy (non-hydrogen) atoms. The van der Waals surface area contributed by atoms with Crippen molar-refractivity contribution in [3.05, 3.63) is 53.6 Å². The Morgan fingerprint density at radius 3 is 2.88 bits per heavy atom. The second-order valence-electron chi connectivity index (χ2n) is 6.39. The Morgan fingerprint density at radius 2 is 2.20 bits per heavy atom. The first kappa shape index (κ1) is 16.0. The minimum absolute atomic E-state index is 0.251. The van der Waals surface area contributed by atoms with Gasteiger partial charge >= 0.3 is 0 Å². The monoisotopic (exact) mass is 356 g/mol. The van der Waals surface area contributed by atoms with E-state index in [0.29, 0.717) is 17.8 Å². The van der Waals surface area contributed by atoms with Crippen molar-refractivity contribution in [1.29, 1.82) is 0 Å². The summed E-state index contributed by atoms with van der Waals surface area (Å²) in [6.07, 6.45) is 4.52. The van der Waals surface area contributed by atoms with Gasteiger partial charge in [-0.25, -0.2) is 9.37 Å². The van der Waals surface area contributed by atoms with E-state index >= 15 is 0 Å². The van der Waals surface area contributed by atoms with Crippen LogP contribution in [0.4, 0.5) is 9.52 Å². The normalized spacial score (nSPS) is 15.7. The zero-order valence-electron chi connectivity index (χ0n) is 13.5. The van der Waals surface area contributed by atoms with Crippen LogP contribution in [0, 0.1) is 5.82 Å². The smallest absolute Gasteiger partial charge is 0.248 e. The van der Waals surface area contributed by atoms with Crippen LogP contribution in [0.15, 0.2) is 36.5 Å². The second-order valence-corrected chi connectivity index (χ2v) is 7.42. The number of aromatic nitrogens is 2. The van der Waals surface area contributed by atoms with E-state index in [2.05, 4.69) is 15.3 Å². The molecular weight excluding hydrogens is 339 g/mol. The van der Waals surface area contributed by atoms with Crippen LogP contribution in [0.5, 0.6) is 0 Å². The average molecular weight is 356 g/mol. The summed E-state index contributed by atoms with van der Waals surface area (Å²) in [4.78, 5) is 20.1. The molecule has 2 heterocycles. The third kappa shape index (κ3) is 2.84. The van der Waals surface area contributed by atoms with Crippen LogP contribution in [-0.4, -0.2) is 22.4 Å². The quantitative estimate of drug-likeness (QED) is 0.733. The minimum atomic E-state index is -0.455. The van der Waals surface area contributed by atoms with E-state index in [1.807, 2.05) is 0 Å². The summed E-state index contributed by atoms with van der Waals surface area (Å²) in [6, 6.07) is 8.28. The van der Waals surface area contributed by atoms with Crippen LogP contribution in [0.2, 0.25) is 0 Å². The molecule has 128 valence electrons. The molecule has 7 heteroatoms. The first-order valence-corrected chi connectivity index (χ1v) is 8.94. The Morgan fingerprint density at radius 1 is 1.36 bits per heavy atom. The van der Waals surface area contributed by atoms with Crippen LogP contribution < -0.4 is 11.1 Å². The third-order valence-corrected chi connectivity index (χ3v) is 5.80. The molecule has 0 saturated heterocycles. The number of anilines is 1. The largest absolute Gasteiger partial charge is 0.366 e. The number of hydrogen-bond acceptors (Lipinski definition) is 5. The molecule has 5 nitrogen and oxygen atoms in total. The van der Waals surface area contributed by atoms with E-state index in [1.165, 1.54) is 17.4 Å². The van der Waals surface area contributed by atoms with Crippen LogP contribution in [0.3, 0.4) is 0 Å². The summed E-state index contributed by atoms with van der Waals surface area (Å²) in [5.74, 6) is -0.705. The number of thiazole rings is 1. The number of pyridine rings is 1. The van der Waals surface area contributed by atoms with Gasteiger partial charge in [0.15, 0.2) is 5.13 Å². The molecule has 3 N–H and O–H groups in total. The number of benzene rings is 1. The van der Waals surface area contributed by atoms with Gasteiger partial charge in [-0.05, 0) is 43.2 Å². The zero-order valence-corrected chi connectivity index (χ0v) is 14.3. The molecule has 0 aliphatic heterocycles. The molecule has 0 spiro atoms. The Hall–Kier alpha value is -2.54. The molecule has 2 aromatic heterocycles. The number of hydrogen-bond donors (Lipinski definition) is 2. The molecule has 0 unspecified atom stereocenters. The lowest BCUT2D eigenvalue weighted by atomic mass is 9.66. The molecule has 3 aromatic rings. The van der Waals surface area contributed by atoms with Crippen LogP contribution in [0.1, 0.15) is 35.3 Å². The van der Waals surface area contributed by atoms with Gasteiger partial charge in [0.2, 0.25) is 5.91 Å². The molecule has 1 fully saturated rings. The average Bonchev–Trinajstić information content (AvgIpc) is 2.97. The molecule has 1 aliphatic rings. The Balaban J connectivity index is 1.57. The van der Waals surface area contributed by atoms with E-state index in [-0.39, 0.29) is 11.2 Å². The summed E-state index contributed by atoms with van der Waals surface area (Å²) in [6.45, 7) is 0.587.